The van der Waals surface area contributed by atoms with Gasteiger partial charge in [-0.3, -0.25) is 39.3 Å². The molecule has 332 valence electrons. The molecule has 4 aromatic rings. The van der Waals surface area contributed by atoms with Crippen LogP contribution < -0.4 is 30.2 Å². The van der Waals surface area contributed by atoms with Crippen molar-refractivity contribution >= 4 is 74.8 Å². The maximum atomic E-state index is 13.3. The number of carbonyl (C=O) groups excluding carboxylic acids is 4. The van der Waals surface area contributed by atoms with Gasteiger partial charge in [0.1, 0.15) is 17.9 Å². The fourth-order valence-electron chi connectivity index (χ4n) is 7.75. The quantitative estimate of drug-likeness (QED) is 0.0782. The Morgan fingerprint density at radius 2 is 1.59 bits per heavy atom. The molecule has 0 aliphatic carbocycles. The SMILES string of the molecule is COc1cc(Nc2c(C#N)cnc3cc(OCCCN4CCN(CCOCCOCCNc5cccc6c5C(=O)N(C5CCC(=O)NC5=O)C6=O)CC4)c(OC)cc23)c(Cl)cc1Cl. The van der Waals surface area contributed by atoms with Crippen molar-refractivity contribution < 1.29 is 42.9 Å². The first kappa shape index (κ1) is 45.3. The van der Waals surface area contributed by atoms with Gasteiger partial charge >= 0.3 is 0 Å². The van der Waals surface area contributed by atoms with E-state index in [-0.39, 0.29) is 24.0 Å². The lowest BCUT2D eigenvalue weighted by atomic mass is 10.0. The molecule has 19 heteroatoms. The zero-order valence-corrected chi connectivity index (χ0v) is 36.5. The van der Waals surface area contributed by atoms with E-state index in [0.717, 1.165) is 50.6 Å². The summed E-state index contributed by atoms with van der Waals surface area (Å²) in [6.45, 7) is 8.14. The van der Waals surface area contributed by atoms with Crippen LogP contribution in [0.5, 0.6) is 17.2 Å². The predicted octanol–water partition coefficient (Wildman–Crippen LogP) is 5.11. The molecule has 0 saturated carbocycles. The van der Waals surface area contributed by atoms with Crippen molar-refractivity contribution in [2.75, 3.05) is 104 Å². The maximum Gasteiger partial charge on any atom is 0.264 e. The Morgan fingerprint density at radius 3 is 2.32 bits per heavy atom. The first-order chi connectivity index (χ1) is 30.6. The number of hydrogen-bond acceptors (Lipinski definition) is 15. The predicted molar refractivity (Wildman–Crippen MR) is 236 cm³/mol. The number of hydrogen-bond donors (Lipinski definition) is 3. The number of amides is 4. The zero-order chi connectivity index (χ0) is 44.5. The molecule has 2 fully saturated rings. The Bertz CT molecular complexity index is 2410. The summed E-state index contributed by atoms with van der Waals surface area (Å²) in [5.41, 5.74) is 2.88. The van der Waals surface area contributed by atoms with Crippen molar-refractivity contribution in [3.63, 3.8) is 0 Å². The van der Waals surface area contributed by atoms with Crippen molar-refractivity contribution in [3.05, 3.63) is 75.4 Å². The summed E-state index contributed by atoms with van der Waals surface area (Å²) in [5, 5.41) is 19.9. The third-order valence-corrected chi connectivity index (χ3v) is 11.7. The van der Waals surface area contributed by atoms with E-state index in [2.05, 4.69) is 36.8 Å². The van der Waals surface area contributed by atoms with E-state index < -0.39 is 29.7 Å². The number of aromatic nitrogens is 1. The molecule has 3 aliphatic rings. The minimum atomic E-state index is -1.02. The summed E-state index contributed by atoms with van der Waals surface area (Å²) in [6.07, 6.45) is 2.49. The topological polar surface area (TPSA) is 197 Å². The largest absolute Gasteiger partial charge is 0.495 e. The van der Waals surface area contributed by atoms with Crippen LogP contribution in [0.4, 0.5) is 17.1 Å². The van der Waals surface area contributed by atoms with Gasteiger partial charge in [-0.1, -0.05) is 29.3 Å². The van der Waals surface area contributed by atoms with E-state index in [1.807, 2.05) is 6.07 Å². The number of nitriles is 1. The molecule has 4 amide bonds. The normalized spacial score (nSPS) is 16.8. The summed E-state index contributed by atoms with van der Waals surface area (Å²) in [4.78, 5) is 60.6. The number of anilines is 3. The van der Waals surface area contributed by atoms with Crippen LogP contribution in [-0.2, 0) is 19.1 Å². The van der Waals surface area contributed by atoms with Crippen LogP contribution >= 0.6 is 23.2 Å². The van der Waals surface area contributed by atoms with E-state index in [0.29, 0.717) is 100 Å². The molecule has 3 N–H and O–H groups in total. The van der Waals surface area contributed by atoms with E-state index in [4.69, 9.17) is 46.9 Å². The van der Waals surface area contributed by atoms with Crippen molar-refractivity contribution in [1.82, 2.24) is 25.0 Å². The number of nitrogens with zero attached hydrogens (tertiary/aromatic N) is 5. The average Bonchev–Trinajstić information content (AvgIpc) is 3.54. The van der Waals surface area contributed by atoms with Crippen LogP contribution in [0.25, 0.3) is 10.9 Å². The summed E-state index contributed by atoms with van der Waals surface area (Å²) < 4.78 is 28.8. The number of fused-ring (bicyclic) bond motifs is 2. The number of imide groups is 2. The number of rotatable bonds is 20. The van der Waals surface area contributed by atoms with Gasteiger partial charge in [0, 0.05) is 81.6 Å². The van der Waals surface area contributed by atoms with E-state index in [9.17, 15) is 24.4 Å². The minimum absolute atomic E-state index is 0.0633. The van der Waals surface area contributed by atoms with E-state index in [1.54, 1.807) is 43.5 Å². The maximum absolute atomic E-state index is 13.3. The van der Waals surface area contributed by atoms with Gasteiger partial charge in [0.15, 0.2) is 11.5 Å². The number of piperazine rings is 1. The lowest BCUT2D eigenvalue weighted by Gasteiger charge is -2.34. The first-order valence-corrected chi connectivity index (χ1v) is 21.4. The van der Waals surface area contributed by atoms with Crippen molar-refractivity contribution in [1.29, 1.82) is 5.26 Å². The smallest absolute Gasteiger partial charge is 0.264 e. The third kappa shape index (κ3) is 10.6. The van der Waals surface area contributed by atoms with Crippen LogP contribution in [-0.4, -0.2) is 142 Å². The van der Waals surface area contributed by atoms with E-state index in [1.165, 1.54) is 13.3 Å². The molecule has 17 nitrogen and oxygen atoms in total. The highest BCUT2D eigenvalue weighted by molar-refractivity contribution is 6.37. The summed E-state index contributed by atoms with van der Waals surface area (Å²) in [5.74, 6) is -0.663. The molecule has 63 heavy (non-hydrogen) atoms. The molecular weight excluding hydrogens is 855 g/mol. The molecule has 3 aliphatic heterocycles. The van der Waals surface area contributed by atoms with Crippen LogP contribution in [0.15, 0.2) is 48.7 Å². The molecule has 0 spiro atoms. The molecule has 4 heterocycles. The second-order valence-electron chi connectivity index (χ2n) is 15.0. The van der Waals surface area contributed by atoms with Crippen LogP contribution in [0.1, 0.15) is 45.5 Å². The minimum Gasteiger partial charge on any atom is -0.495 e. The molecule has 1 atom stereocenters. The fourth-order valence-corrected chi connectivity index (χ4v) is 8.26. The van der Waals surface area contributed by atoms with Gasteiger partial charge in [-0.25, -0.2) is 0 Å². The van der Waals surface area contributed by atoms with Crippen molar-refractivity contribution in [2.45, 2.75) is 25.3 Å². The summed E-state index contributed by atoms with van der Waals surface area (Å²) in [6, 6.07) is 13.0. The highest BCUT2D eigenvalue weighted by Gasteiger charge is 2.45. The molecule has 0 bridgehead atoms. The summed E-state index contributed by atoms with van der Waals surface area (Å²) in [7, 11) is 3.08. The molecule has 1 aromatic heterocycles. The van der Waals surface area contributed by atoms with Gasteiger partial charge in [-0.2, -0.15) is 5.26 Å². The lowest BCUT2D eigenvalue weighted by molar-refractivity contribution is -0.136. The Morgan fingerprint density at radius 1 is 0.841 bits per heavy atom. The Kier molecular flexibility index (Phi) is 15.2. The molecule has 0 radical (unpaired) electrons. The number of methoxy groups -OCH3 is 2. The Balaban J connectivity index is 0.774. The van der Waals surface area contributed by atoms with Gasteiger partial charge < -0.3 is 39.2 Å². The molecule has 2 saturated heterocycles. The fraction of sp³-hybridized carbons (Fsp3) is 0.409. The van der Waals surface area contributed by atoms with E-state index >= 15 is 0 Å². The van der Waals surface area contributed by atoms with Crippen molar-refractivity contribution in [2.24, 2.45) is 0 Å². The van der Waals surface area contributed by atoms with Crippen molar-refractivity contribution in [3.8, 4) is 23.3 Å². The number of halogens is 2. The zero-order valence-electron chi connectivity index (χ0n) is 35.0. The first-order valence-electron chi connectivity index (χ1n) is 20.6. The van der Waals surface area contributed by atoms with Crippen LogP contribution in [0, 0.1) is 11.3 Å². The lowest BCUT2D eigenvalue weighted by Crippen LogP contribution is -2.54. The number of piperidine rings is 1. The Hall–Kier alpha value is -5.74. The number of benzene rings is 3. The standard InChI is InChI=1S/C44H48Cl2N8O9/c1-59-36-24-34(30(45)22-31(36)46)50-41-27(25-47)26-49-33-23-38(37(60-2)21-29(33)41)63-16-4-10-52-11-13-53(14-12-52)15-18-62-20-19-61-17-9-48-32-6-3-5-28-40(32)44(58)54(43(28)57)35-7-8-39(55)51-42(35)56/h3,5-6,21-24,26,35,48H,4,7-20H2,1-2H3,(H,49,50)(H,51,55,56). The Labute approximate surface area is 374 Å². The summed E-state index contributed by atoms with van der Waals surface area (Å²) >= 11 is 12.7. The highest BCUT2D eigenvalue weighted by atomic mass is 35.5. The highest BCUT2D eigenvalue weighted by Crippen LogP contribution is 2.40. The number of ether oxygens (including phenoxy) is 5. The second-order valence-corrected chi connectivity index (χ2v) is 15.8. The third-order valence-electron chi connectivity index (χ3n) is 11.1. The molecular formula is C44H48Cl2N8O9. The van der Waals surface area contributed by atoms with Gasteiger partial charge in [-0.05, 0) is 37.1 Å². The average molecular weight is 904 g/mol. The van der Waals surface area contributed by atoms with Crippen LogP contribution in [0.2, 0.25) is 10.0 Å². The van der Waals surface area contributed by atoms with Gasteiger partial charge in [-0.15, -0.1) is 0 Å². The van der Waals surface area contributed by atoms with Crippen LogP contribution in [0.3, 0.4) is 0 Å². The molecule has 7 rings (SSSR count). The van der Waals surface area contributed by atoms with Gasteiger partial charge in [0.2, 0.25) is 11.8 Å². The monoisotopic (exact) mass is 902 g/mol. The van der Waals surface area contributed by atoms with Gasteiger partial charge in [0.05, 0.1) is 90.9 Å². The second kappa shape index (κ2) is 21.1. The molecule has 1 unspecified atom stereocenters. The number of carbonyl (C=O) groups is 4. The molecule has 3 aromatic carbocycles. The van der Waals surface area contributed by atoms with Gasteiger partial charge in [0.25, 0.3) is 11.8 Å². The number of pyridine rings is 1. The number of nitrogens with one attached hydrogen (secondary N) is 3.